The number of benzene rings is 1. The number of carbonyl (C=O) groups is 1. The Bertz CT molecular complexity index is 480. The zero-order valence-electron chi connectivity index (χ0n) is 12.0. The summed E-state index contributed by atoms with van der Waals surface area (Å²) < 4.78 is 13.5. The van der Waals surface area contributed by atoms with Crippen LogP contribution in [0.1, 0.15) is 37.7 Å². The summed E-state index contributed by atoms with van der Waals surface area (Å²) in [5, 5.41) is 22.5. The average molecular weight is 295 g/mol. The van der Waals surface area contributed by atoms with E-state index in [1.54, 1.807) is 18.2 Å². The summed E-state index contributed by atoms with van der Waals surface area (Å²) in [5.74, 6) is -0.536. The molecule has 1 amide bonds. The van der Waals surface area contributed by atoms with Crippen LogP contribution in [0.4, 0.5) is 4.39 Å². The molecule has 0 aromatic heterocycles. The van der Waals surface area contributed by atoms with Crippen molar-refractivity contribution in [2.24, 2.45) is 0 Å². The maximum Gasteiger partial charge on any atom is 0.220 e. The standard InChI is InChI=1S/C16H22FNO3/c17-12-6-2-1-5-11(12)9-10-15(20)18-13-7-3-4-8-14(19)16(13)21/h1-2,5-6,13-14,16,19,21H,3-4,7-10H2,(H,18,20)/t13-,14-,16-/m1/s1. The Kier molecular flexibility index (Phi) is 5.70. The third-order valence-electron chi connectivity index (χ3n) is 4.00. The Morgan fingerprint density at radius 3 is 2.71 bits per heavy atom. The van der Waals surface area contributed by atoms with E-state index in [1.807, 2.05) is 0 Å². The molecule has 0 radical (unpaired) electrons. The molecule has 4 nitrogen and oxygen atoms in total. The van der Waals surface area contributed by atoms with Crippen LogP contribution in [0.15, 0.2) is 24.3 Å². The van der Waals surface area contributed by atoms with Crippen LogP contribution < -0.4 is 5.32 Å². The second-order valence-electron chi connectivity index (χ2n) is 5.61. The molecule has 1 fully saturated rings. The van der Waals surface area contributed by atoms with E-state index in [-0.39, 0.29) is 18.1 Å². The molecule has 1 aliphatic rings. The van der Waals surface area contributed by atoms with E-state index < -0.39 is 18.2 Å². The molecule has 0 saturated heterocycles. The first-order valence-electron chi connectivity index (χ1n) is 7.47. The number of aliphatic hydroxyl groups excluding tert-OH is 2. The predicted octanol–water partition coefficient (Wildman–Crippen LogP) is 1.54. The van der Waals surface area contributed by atoms with Gasteiger partial charge < -0.3 is 15.5 Å². The molecular formula is C16H22FNO3. The first kappa shape index (κ1) is 15.9. The van der Waals surface area contributed by atoms with E-state index in [9.17, 15) is 19.4 Å². The highest BCUT2D eigenvalue weighted by Gasteiger charge is 2.29. The maximum atomic E-state index is 13.5. The van der Waals surface area contributed by atoms with Gasteiger partial charge in [0.05, 0.1) is 18.2 Å². The van der Waals surface area contributed by atoms with Gasteiger partial charge in [0.1, 0.15) is 5.82 Å². The predicted molar refractivity (Wildman–Crippen MR) is 77.1 cm³/mol. The normalized spacial score (nSPS) is 26.1. The molecule has 0 aliphatic heterocycles. The number of aryl methyl sites for hydroxylation is 1. The lowest BCUT2D eigenvalue weighted by Gasteiger charge is -2.24. The molecule has 3 N–H and O–H groups in total. The topological polar surface area (TPSA) is 69.6 Å². The lowest BCUT2D eigenvalue weighted by Crippen LogP contribution is -2.47. The van der Waals surface area contributed by atoms with E-state index >= 15 is 0 Å². The average Bonchev–Trinajstić information content (AvgIpc) is 2.62. The fraction of sp³-hybridized carbons (Fsp3) is 0.562. The quantitative estimate of drug-likeness (QED) is 0.738. The van der Waals surface area contributed by atoms with Gasteiger partial charge in [-0.15, -0.1) is 0 Å². The lowest BCUT2D eigenvalue weighted by atomic mass is 10.0. The number of rotatable bonds is 4. The molecule has 1 aromatic rings. The summed E-state index contributed by atoms with van der Waals surface area (Å²) in [6.45, 7) is 0. The van der Waals surface area contributed by atoms with Gasteiger partial charge in [-0.1, -0.05) is 31.0 Å². The van der Waals surface area contributed by atoms with Crippen molar-refractivity contribution >= 4 is 5.91 Å². The van der Waals surface area contributed by atoms with Gasteiger partial charge in [-0.25, -0.2) is 4.39 Å². The summed E-state index contributed by atoms with van der Waals surface area (Å²) in [6, 6.07) is 5.96. The van der Waals surface area contributed by atoms with E-state index in [1.165, 1.54) is 6.07 Å². The number of halogens is 1. The van der Waals surface area contributed by atoms with Gasteiger partial charge >= 0.3 is 0 Å². The van der Waals surface area contributed by atoms with Crippen molar-refractivity contribution in [2.45, 2.75) is 56.8 Å². The van der Waals surface area contributed by atoms with Crippen molar-refractivity contribution < 1.29 is 19.4 Å². The first-order valence-corrected chi connectivity index (χ1v) is 7.47. The summed E-state index contributed by atoms with van der Waals surface area (Å²) in [4.78, 5) is 11.9. The van der Waals surface area contributed by atoms with Crippen molar-refractivity contribution in [2.75, 3.05) is 0 Å². The van der Waals surface area contributed by atoms with Crippen molar-refractivity contribution in [3.63, 3.8) is 0 Å². The van der Waals surface area contributed by atoms with Crippen molar-refractivity contribution in [1.29, 1.82) is 0 Å². The molecule has 1 aliphatic carbocycles. The number of amides is 1. The lowest BCUT2D eigenvalue weighted by molar-refractivity contribution is -0.123. The molecule has 1 saturated carbocycles. The summed E-state index contributed by atoms with van der Waals surface area (Å²) in [7, 11) is 0. The smallest absolute Gasteiger partial charge is 0.220 e. The largest absolute Gasteiger partial charge is 0.390 e. The van der Waals surface area contributed by atoms with Crippen LogP contribution in [0.25, 0.3) is 0 Å². The number of carbonyl (C=O) groups excluding carboxylic acids is 1. The second-order valence-corrected chi connectivity index (χ2v) is 5.61. The molecule has 116 valence electrons. The number of aliphatic hydroxyl groups is 2. The first-order chi connectivity index (χ1) is 10.1. The van der Waals surface area contributed by atoms with Crippen LogP contribution in [0.5, 0.6) is 0 Å². The van der Waals surface area contributed by atoms with E-state index in [0.29, 0.717) is 24.8 Å². The van der Waals surface area contributed by atoms with Crippen molar-refractivity contribution in [3.05, 3.63) is 35.6 Å². The third kappa shape index (κ3) is 4.51. The summed E-state index contributed by atoms with van der Waals surface area (Å²) in [6.07, 6.45) is 1.71. The monoisotopic (exact) mass is 295 g/mol. The van der Waals surface area contributed by atoms with Gasteiger partial charge in [0, 0.05) is 6.42 Å². The van der Waals surface area contributed by atoms with Gasteiger partial charge in [-0.2, -0.15) is 0 Å². The highest BCUT2D eigenvalue weighted by molar-refractivity contribution is 5.76. The van der Waals surface area contributed by atoms with Crippen LogP contribution in [-0.2, 0) is 11.2 Å². The highest BCUT2D eigenvalue weighted by atomic mass is 19.1. The van der Waals surface area contributed by atoms with E-state index in [2.05, 4.69) is 5.32 Å². The number of hydrogen-bond acceptors (Lipinski definition) is 3. The number of hydrogen-bond donors (Lipinski definition) is 3. The van der Waals surface area contributed by atoms with Crippen LogP contribution in [0, 0.1) is 5.82 Å². The molecule has 3 atom stereocenters. The Hall–Kier alpha value is -1.46. The minimum absolute atomic E-state index is 0.167. The molecular weight excluding hydrogens is 273 g/mol. The zero-order valence-corrected chi connectivity index (χ0v) is 12.0. The van der Waals surface area contributed by atoms with Crippen LogP contribution >= 0.6 is 0 Å². The summed E-state index contributed by atoms with van der Waals surface area (Å²) in [5.41, 5.74) is 0.508. The molecule has 0 heterocycles. The Morgan fingerprint density at radius 2 is 1.95 bits per heavy atom. The Balaban J connectivity index is 1.85. The van der Waals surface area contributed by atoms with Gasteiger partial charge in [0.2, 0.25) is 5.91 Å². The Labute approximate surface area is 124 Å². The van der Waals surface area contributed by atoms with Gasteiger partial charge in [0.15, 0.2) is 0 Å². The molecule has 21 heavy (non-hydrogen) atoms. The SMILES string of the molecule is O=C(CCc1ccccc1F)N[C@@H]1CCCC[C@@H](O)[C@@H]1O. The molecule has 1 aromatic carbocycles. The van der Waals surface area contributed by atoms with Gasteiger partial charge in [-0.05, 0) is 30.9 Å². The minimum atomic E-state index is -0.926. The van der Waals surface area contributed by atoms with Crippen molar-refractivity contribution in [3.8, 4) is 0 Å². The molecule has 0 bridgehead atoms. The minimum Gasteiger partial charge on any atom is -0.390 e. The number of nitrogens with one attached hydrogen (secondary N) is 1. The van der Waals surface area contributed by atoms with E-state index in [4.69, 9.17) is 0 Å². The fourth-order valence-corrected chi connectivity index (χ4v) is 2.71. The highest BCUT2D eigenvalue weighted by Crippen LogP contribution is 2.19. The van der Waals surface area contributed by atoms with Crippen LogP contribution in [-0.4, -0.2) is 34.4 Å². The maximum absolute atomic E-state index is 13.5. The molecule has 5 heteroatoms. The van der Waals surface area contributed by atoms with Crippen LogP contribution in [0.2, 0.25) is 0 Å². The summed E-state index contributed by atoms with van der Waals surface area (Å²) >= 11 is 0. The van der Waals surface area contributed by atoms with Crippen molar-refractivity contribution in [1.82, 2.24) is 5.32 Å². The third-order valence-corrected chi connectivity index (χ3v) is 4.00. The Morgan fingerprint density at radius 1 is 1.24 bits per heavy atom. The molecule has 0 spiro atoms. The fourth-order valence-electron chi connectivity index (χ4n) is 2.71. The van der Waals surface area contributed by atoms with Gasteiger partial charge in [0.25, 0.3) is 0 Å². The van der Waals surface area contributed by atoms with Gasteiger partial charge in [-0.3, -0.25) is 4.79 Å². The zero-order chi connectivity index (χ0) is 15.2. The molecule has 0 unspecified atom stereocenters. The second kappa shape index (κ2) is 7.52. The van der Waals surface area contributed by atoms with E-state index in [0.717, 1.165) is 12.8 Å². The van der Waals surface area contributed by atoms with Crippen LogP contribution in [0.3, 0.4) is 0 Å². The molecule has 2 rings (SSSR count).